The Balaban J connectivity index is 1.75. The van der Waals surface area contributed by atoms with Crippen LogP contribution in [0.1, 0.15) is 38.3 Å². The second-order valence-corrected chi connectivity index (χ2v) is 5.09. The van der Waals surface area contributed by atoms with E-state index in [1.807, 2.05) is 19.9 Å². The molecule has 1 aromatic heterocycles. The van der Waals surface area contributed by atoms with Gasteiger partial charge in [-0.1, -0.05) is 0 Å². The maximum absolute atomic E-state index is 5.50. The van der Waals surface area contributed by atoms with Crippen molar-refractivity contribution in [3.63, 3.8) is 0 Å². The summed E-state index contributed by atoms with van der Waals surface area (Å²) in [4.78, 5) is 8.57. The van der Waals surface area contributed by atoms with Crippen molar-refractivity contribution in [1.82, 2.24) is 9.97 Å². The van der Waals surface area contributed by atoms with Crippen LogP contribution in [0.3, 0.4) is 0 Å². The first-order valence-electron chi connectivity index (χ1n) is 7.01. The summed E-state index contributed by atoms with van der Waals surface area (Å²) >= 11 is 0. The van der Waals surface area contributed by atoms with Gasteiger partial charge in [0.05, 0.1) is 18.4 Å². The lowest BCUT2D eigenvalue weighted by Gasteiger charge is -2.10. The molecule has 2 heterocycles. The first kappa shape index (κ1) is 14.2. The number of nitrogens with zero attached hydrogens (tertiary/aromatic N) is 2. The second kappa shape index (κ2) is 7.40. The van der Waals surface area contributed by atoms with Gasteiger partial charge in [0.1, 0.15) is 12.1 Å². The minimum atomic E-state index is 0.299. The summed E-state index contributed by atoms with van der Waals surface area (Å²) in [5.41, 5.74) is 1.08. The fourth-order valence-electron chi connectivity index (χ4n) is 2.07. The molecule has 0 aliphatic carbocycles. The van der Waals surface area contributed by atoms with Crippen molar-refractivity contribution in [2.75, 3.05) is 31.7 Å². The van der Waals surface area contributed by atoms with Crippen molar-refractivity contribution >= 4 is 5.82 Å². The zero-order chi connectivity index (χ0) is 13.5. The van der Waals surface area contributed by atoms with Crippen LogP contribution in [0.2, 0.25) is 0 Å². The lowest BCUT2D eigenvalue weighted by Crippen LogP contribution is -2.11. The summed E-state index contributed by atoms with van der Waals surface area (Å²) in [6.45, 7) is 7.35. The van der Waals surface area contributed by atoms with Crippen LogP contribution >= 0.6 is 0 Å². The zero-order valence-corrected chi connectivity index (χ0v) is 11.8. The largest absolute Gasteiger partial charge is 0.381 e. The summed E-state index contributed by atoms with van der Waals surface area (Å²) in [5, 5.41) is 3.31. The number of rotatable bonds is 7. The van der Waals surface area contributed by atoms with Crippen molar-refractivity contribution in [3.8, 4) is 0 Å². The molecular weight excluding hydrogens is 242 g/mol. The Morgan fingerprint density at radius 1 is 1.47 bits per heavy atom. The quantitative estimate of drug-likeness (QED) is 0.766. The van der Waals surface area contributed by atoms with Gasteiger partial charge in [0.25, 0.3) is 0 Å². The van der Waals surface area contributed by atoms with Crippen molar-refractivity contribution in [1.29, 1.82) is 0 Å². The van der Waals surface area contributed by atoms with E-state index in [1.165, 1.54) is 0 Å². The molecule has 0 saturated carbocycles. The molecule has 1 fully saturated rings. The molecule has 1 saturated heterocycles. The number of ether oxygens (including phenoxy) is 2. The van der Waals surface area contributed by atoms with E-state index >= 15 is 0 Å². The van der Waals surface area contributed by atoms with E-state index in [1.54, 1.807) is 6.33 Å². The fourth-order valence-corrected chi connectivity index (χ4v) is 2.07. The molecule has 1 unspecified atom stereocenters. The Morgan fingerprint density at radius 2 is 2.37 bits per heavy atom. The molecule has 1 atom stereocenters. The highest BCUT2D eigenvalue weighted by Crippen LogP contribution is 2.24. The molecule has 0 radical (unpaired) electrons. The molecule has 1 aliphatic rings. The third-order valence-corrected chi connectivity index (χ3v) is 3.11. The normalized spacial score (nSPS) is 19.0. The first-order chi connectivity index (χ1) is 9.25. The van der Waals surface area contributed by atoms with Crippen LogP contribution in [0, 0.1) is 0 Å². The zero-order valence-electron chi connectivity index (χ0n) is 11.8. The average Bonchev–Trinajstić information content (AvgIpc) is 2.92. The van der Waals surface area contributed by atoms with Crippen LogP contribution in [-0.4, -0.2) is 42.4 Å². The Kier molecular flexibility index (Phi) is 5.54. The van der Waals surface area contributed by atoms with Gasteiger partial charge in [0.15, 0.2) is 0 Å². The fraction of sp³-hybridized carbons (Fsp3) is 0.714. The average molecular weight is 265 g/mol. The molecular formula is C14H23N3O2. The van der Waals surface area contributed by atoms with E-state index in [0.29, 0.717) is 12.0 Å². The van der Waals surface area contributed by atoms with Crippen molar-refractivity contribution < 1.29 is 9.47 Å². The third kappa shape index (κ3) is 4.76. The van der Waals surface area contributed by atoms with Gasteiger partial charge in [-0.05, 0) is 26.7 Å². The van der Waals surface area contributed by atoms with Crippen molar-refractivity contribution in [2.45, 2.75) is 38.7 Å². The van der Waals surface area contributed by atoms with E-state index in [4.69, 9.17) is 9.47 Å². The summed E-state index contributed by atoms with van der Waals surface area (Å²) in [7, 11) is 0. The summed E-state index contributed by atoms with van der Waals surface area (Å²) < 4.78 is 10.9. The van der Waals surface area contributed by atoms with Gasteiger partial charge in [-0.15, -0.1) is 0 Å². The molecule has 0 spiro atoms. The highest BCUT2D eigenvalue weighted by molar-refractivity contribution is 5.35. The van der Waals surface area contributed by atoms with Gasteiger partial charge in [-0.3, -0.25) is 0 Å². The van der Waals surface area contributed by atoms with Gasteiger partial charge in [-0.2, -0.15) is 0 Å². The van der Waals surface area contributed by atoms with Gasteiger partial charge in [0.2, 0.25) is 0 Å². The van der Waals surface area contributed by atoms with E-state index in [9.17, 15) is 0 Å². The Hall–Kier alpha value is -1.20. The lowest BCUT2D eigenvalue weighted by molar-refractivity contribution is 0.0787. The number of aromatic nitrogens is 2. The first-order valence-corrected chi connectivity index (χ1v) is 7.01. The maximum Gasteiger partial charge on any atom is 0.129 e. The molecule has 1 N–H and O–H groups in total. The highest BCUT2D eigenvalue weighted by atomic mass is 16.5. The molecule has 5 heteroatoms. The van der Waals surface area contributed by atoms with Gasteiger partial charge in [0, 0.05) is 31.7 Å². The van der Waals surface area contributed by atoms with Gasteiger partial charge in [-0.25, -0.2) is 9.97 Å². The minimum Gasteiger partial charge on any atom is -0.381 e. The van der Waals surface area contributed by atoms with Gasteiger partial charge >= 0.3 is 0 Å². The Labute approximate surface area is 114 Å². The lowest BCUT2D eigenvalue weighted by atomic mass is 10.1. The predicted molar refractivity (Wildman–Crippen MR) is 74.4 cm³/mol. The van der Waals surface area contributed by atoms with E-state index in [0.717, 1.165) is 50.7 Å². The number of hydrogen-bond donors (Lipinski definition) is 1. The number of nitrogens with one attached hydrogen (secondary N) is 1. The van der Waals surface area contributed by atoms with Crippen molar-refractivity contribution in [3.05, 3.63) is 18.1 Å². The van der Waals surface area contributed by atoms with Crippen LogP contribution < -0.4 is 5.32 Å². The highest BCUT2D eigenvalue weighted by Gasteiger charge is 2.19. The van der Waals surface area contributed by atoms with E-state index in [-0.39, 0.29) is 0 Å². The number of hydrogen-bond acceptors (Lipinski definition) is 5. The van der Waals surface area contributed by atoms with Crippen LogP contribution in [-0.2, 0) is 9.47 Å². The predicted octanol–water partition coefficient (Wildman–Crippen LogP) is 2.21. The number of anilines is 1. The molecule has 0 amide bonds. The minimum absolute atomic E-state index is 0.299. The SMILES string of the molecule is CC(C)OCCCNc1cc(C2CCOC2)ncn1. The van der Waals surface area contributed by atoms with Crippen LogP contribution in [0.4, 0.5) is 5.82 Å². The summed E-state index contributed by atoms with van der Waals surface area (Å²) in [6, 6.07) is 2.03. The maximum atomic E-state index is 5.50. The molecule has 1 aliphatic heterocycles. The Bertz CT molecular complexity index is 379. The van der Waals surface area contributed by atoms with Crippen LogP contribution in [0.25, 0.3) is 0 Å². The molecule has 19 heavy (non-hydrogen) atoms. The topological polar surface area (TPSA) is 56.3 Å². The standard InChI is InChI=1S/C14H23N3O2/c1-11(2)19-6-3-5-15-14-8-13(16-10-17-14)12-4-7-18-9-12/h8,10-12H,3-7,9H2,1-2H3,(H,15,16,17). The molecule has 1 aromatic rings. The monoisotopic (exact) mass is 265 g/mol. The smallest absolute Gasteiger partial charge is 0.129 e. The molecule has 2 rings (SSSR count). The summed E-state index contributed by atoms with van der Waals surface area (Å²) in [5.74, 6) is 1.31. The van der Waals surface area contributed by atoms with Crippen LogP contribution in [0.15, 0.2) is 12.4 Å². The summed E-state index contributed by atoms with van der Waals surface area (Å²) in [6.07, 6.45) is 3.96. The van der Waals surface area contributed by atoms with Crippen molar-refractivity contribution in [2.24, 2.45) is 0 Å². The van der Waals surface area contributed by atoms with E-state index < -0.39 is 0 Å². The molecule has 0 aromatic carbocycles. The Morgan fingerprint density at radius 3 is 3.11 bits per heavy atom. The molecule has 5 nitrogen and oxygen atoms in total. The van der Waals surface area contributed by atoms with E-state index in [2.05, 4.69) is 15.3 Å². The van der Waals surface area contributed by atoms with Crippen LogP contribution in [0.5, 0.6) is 0 Å². The third-order valence-electron chi connectivity index (χ3n) is 3.11. The molecule has 106 valence electrons. The molecule has 0 bridgehead atoms. The second-order valence-electron chi connectivity index (χ2n) is 5.09. The van der Waals surface area contributed by atoms with Gasteiger partial charge < -0.3 is 14.8 Å².